The van der Waals surface area contributed by atoms with Crippen LogP contribution in [0.3, 0.4) is 0 Å². The summed E-state index contributed by atoms with van der Waals surface area (Å²) >= 11 is 3.43. The molecule has 0 atom stereocenters. The molecule has 0 saturated carbocycles. The molecule has 1 aromatic carbocycles. The van der Waals surface area contributed by atoms with Crippen LogP contribution in [0, 0.1) is 0 Å². The van der Waals surface area contributed by atoms with Crippen LogP contribution in [0.2, 0.25) is 0 Å². The number of ketones is 1. The van der Waals surface area contributed by atoms with Gasteiger partial charge in [0, 0.05) is 22.4 Å². The number of pyridine rings is 1. The van der Waals surface area contributed by atoms with Crippen LogP contribution in [0.25, 0.3) is 6.08 Å². The standard InChI is InChI=1S/C14H10BrNO/c15-13-6-2-1-4-11(13)7-8-14(17)12-5-3-9-16-10-12/h1-10H. The number of nitrogens with zero attached hydrogens (tertiary/aromatic N) is 1. The van der Waals surface area contributed by atoms with Crippen LogP contribution in [0.15, 0.2) is 59.3 Å². The number of hydrogen-bond acceptors (Lipinski definition) is 2. The molecule has 0 bridgehead atoms. The van der Waals surface area contributed by atoms with Gasteiger partial charge < -0.3 is 0 Å². The number of carbonyl (C=O) groups is 1. The van der Waals surface area contributed by atoms with Crippen molar-refractivity contribution >= 4 is 27.8 Å². The minimum Gasteiger partial charge on any atom is -0.289 e. The number of hydrogen-bond donors (Lipinski definition) is 0. The van der Waals surface area contributed by atoms with Gasteiger partial charge in [-0.25, -0.2) is 0 Å². The van der Waals surface area contributed by atoms with E-state index < -0.39 is 0 Å². The molecule has 0 N–H and O–H groups in total. The summed E-state index contributed by atoms with van der Waals surface area (Å²) in [6, 6.07) is 11.2. The molecule has 2 rings (SSSR count). The maximum Gasteiger partial charge on any atom is 0.187 e. The van der Waals surface area contributed by atoms with E-state index in [1.807, 2.05) is 24.3 Å². The molecule has 0 fully saturated rings. The van der Waals surface area contributed by atoms with E-state index in [0.29, 0.717) is 5.56 Å². The lowest BCUT2D eigenvalue weighted by Crippen LogP contribution is -1.94. The van der Waals surface area contributed by atoms with E-state index in [0.717, 1.165) is 10.0 Å². The molecule has 0 aliphatic carbocycles. The summed E-state index contributed by atoms with van der Waals surface area (Å²) in [6.07, 6.45) is 6.55. The van der Waals surface area contributed by atoms with Gasteiger partial charge in [-0.2, -0.15) is 0 Å². The molecule has 0 amide bonds. The van der Waals surface area contributed by atoms with Gasteiger partial charge in [0.2, 0.25) is 0 Å². The summed E-state index contributed by atoms with van der Waals surface area (Å²) in [7, 11) is 0. The molecule has 0 spiro atoms. The van der Waals surface area contributed by atoms with Crippen molar-refractivity contribution < 1.29 is 4.79 Å². The van der Waals surface area contributed by atoms with Crippen molar-refractivity contribution in [1.29, 1.82) is 0 Å². The van der Waals surface area contributed by atoms with E-state index in [2.05, 4.69) is 20.9 Å². The van der Waals surface area contributed by atoms with E-state index in [4.69, 9.17) is 0 Å². The molecule has 0 unspecified atom stereocenters. The molecule has 1 aromatic heterocycles. The predicted octanol–water partition coefficient (Wildman–Crippen LogP) is 3.74. The van der Waals surface area contributed by atoms with Crippen LogP contribution in [0.4, 0.5) is 0 Å². The maximum absolute atomic E-state index is 11.8. The van der Waals surface area contributed by atoms with Crippen LogP contribution < -0.4 is 0 Å². The summed E-state index contributed by atoms with van der Waals surface area (Å²) < 4.78 is 0.968. The summed E-state index contributed by atoms with van der Waals surface area (Å²) in [4.78, 5) is 15.7. The Morgan fingerprint density at radius 1 is 1.18 bits per heavy atom. The van der Waals surface area contributed by atoms with Gasteiger partial charge in [0.05, 0.1) is 0 Å². The molecule has 0 saturated heterocycles. The Hall–Kier alpha value is -1.74. The predicted molar refractivity (Wildman–Crippen MR) is 71.7 cm³/mol. The SMILES string of the molecule is O=C(C=Cc1ccccc1Br)c1cccnc1. The van der Waals surface area contributed by atoms with Gasteiger partial charge in [-0.1, -0.05) is 34.1 Å². The van der Waals surface area contributed by atoms with Crippen molar-refractivity contribution in [2.45, 2.75) is 0 Å². The summed E-state index contributed by atoms with van der Waals surface area (Å²) in [6.45, 7) is 0. The Labute approximate surface area is 108 Å². The van der Waals surface area contributed by atoms with Crippen LogP contribution in [0.5, 0.6) is 0 Å². The second-order valence-electron chi connectivity index (χ2n) is 3.46. The van der Waals surface area contributed by atoms with Gasteiger partial charge in [0.1, 0.15) is 0 Å². The second-order valence-corrected chi connectivity index (χ2v) is 4.32. The second kappa shape index (κ2) is 5.55. The number of allylic oxidation sites excluding steroid dienone is 1. The van der Waals surface area contributed by atoms with Gasteiger partial charge in [-0.15, -0.1) is 0 Å². The number of rotatable bonds is 3. The Kier molecular flexibility index (Phi) is 3.83. The molecular weight excluding hydrogens is 278 g/mol. The van der Waals surface area contributed by atoms with Gasteiger partial charge in [-0.3, -0.25) is 9.78 Å². The fourth-order valence-electron chi connectivity index (χ4n) is 1.38. The molecule has 17 heavy (non-hydrogen) atoms. The minimum absolute atomic E-state index is 0.0474. The maximum atomic E-state index is 11.8. The smallest absolute Gasteiger partial charge is 0.187 e. The normalized spacial score (nSPS) is 10.6. The lowest BCUT2D eigenvalue weighted by atomic mass is 10.1. The highest BCUT2D eigenvalue weighted by Gasteiger charge is 2.00. The average molecular weight is 288 g/mol. The van der Waals surface area contributed by atoms with Crippen molar-refractivity contribution in [3.05, 3.63) is 70.5 Å². The summed E-state index contributed by atoms with van der Waals surface area (Å²) in [5.41, 5.74) is 1.57. The van der Waals surface area contributed by atoms with E-state index in [9.17, 15) is 4.79 Å². The third kappa shape index (κ3) is 3.11. The average Bonchev–Trinajstić information content (AvgIpc) is 2.38. The fraction of sp³-hybridized carbons (Fsp3) is 0. The Morgan fingerprint density at radius 2 is 2.00 bits per heavy atom. The topological polar surface area (TPSA) is 30.0 Å². The van der Waals surface area contributed by atoms with Crippen molar-refractivity contribution in [1.82, 2.24) is 4.98 Å². The number of halogens is 1. The van der Waals surface area contributed by atoms with Crippen LogP contribution in [-0.4, -0.2) is 10.8 Å². The third-order valence-electron chi connectivity index (χ3n) is 2.27. The Bertz CT molecular complexity index is 549. The van der Waals surface area contributed by atoms with Crippen molar-refractivity contribution in [2.75, 3.05) is 0 Å². The minimum atomic E-state index is -0.0474. The first-order valence-electron chi connectivity index (χ1n) is 5.14. The summed E-state index contributed by atoms with van der Waals surface area (Å²) in [5.74, 6) is -0.0474. The molecule has 2 aromatic rings. The van der Waals surface area contributed by atoms with Crippen molar-refractivity contribution in [3.63, 3.8) is 0 Å². The van der Waals surface area contributed by atoms with E-state index in [1.165, 1.54) is 0 Å². The lowest BCUT2D eigenvalue weighted by Gasteiger charge is -1.97. The Morgan fingerprint density at radius 3 is 2.71 bits per heavy atom. The number of aromatic nitrogens is 1. The first-order valence-corrected chi connectivity index (χ1v) is 5.93. The molecule has 84 valence electrons. The van der Waals surface area contributed by atoms with Gasteiger partial charge in [-0.05, 0) is 35.9 Å². The van der Waals surface area contributed by atoms with Crippen LogP contribution in [0.1, 0.15) is 15.9 Å². The van der Waals surface area contributed by atoms with Crippen LogP contribution in [-0.2, 0) is 0 Å². The number of carbonyl (C=O) groups excluding carboxylic acids is 1. The zero-order chi connectivity index (χ0) is 12.1. The first kappa shape index (κ1) is 11.7. The highest BCUT2D eigenvalue weighted by atomic mass is 79.9. The zero-order valence-corrected chi connectivity index (χ0v) is 10.6. The van der Waals surface area contributed by atoms with Crippen molar-refractivity contribution in [2.24, 2.45) is 0 Å². The highest BCUT2D eigenvalue weighted by Crippen LogP contribution is 2.17. The highest BCUT2D eigenvalue weighted by molar-refractivity contribution is 9.10. The fourth-order valence-corrected chi connectivity index (χ4v) is 1.80. The molecule has 3 heteroatoms. The van der Waals surface area contributed by atoms with Gasteiger partial charge >= 0.3 is 0 Å². The first-order chi connectivity index (χ1) is 8.27. The lowest BCUT2D eigenvalue weighted by molar-refractivity contribution is 0.104. The third-order valence-corrected chi connectivity index (χ3v) is 2.99. The molecule has 2 nitrogen and oxygen atoms in total. The van der Waals surface area contributed by atoms with Crippen LogP contribution >= 0.6 is 15.9 Å². The van der Waals surface area contributed by atoms with Gasteiger partial charge in [0.25, 0.3) is 0 Å². The molecule has 1 heterocycles. The molecule has 0 aliphatic heterocycles. The Balaban J connectivity index is 2.17. The monoisotopic (exact) mass is 287 g/mol. The quantitative estimate of drug-likeness (QED) is 0.636. The zero-order valence-electron chi connectivity index (χ0n) is 9.01. The van der Waals surface area contributed by atoms with E-state index >= 15 is 0 Å². The van der Waals surface area contributed by atoms with E-state index in [-0.39, 0.29) is 5.78 Å². The number of benzene rings is 1. The van der Waals surface area contributed by atoms with E-state index in [1.54, 1.807) is 36.7 Å². The summed E-state index contributed by atoms with van der Waals surface area (Å²) in [5, 5.41) is 0. The van der Waals surface area contributed by atoms with Gasteiger partial charge in [0.15, 0.2) is 5.78 Å². The largest absolute Gasteiger partial charge is 0.289 e. The molecular formula is C14H10BrNO. The molecule has 0 radical (unpaired) electrons. The van der Waals surface area contributed by atoms with Crippen molar-refractivity contribution in [3.8, 4) is 0 Å². The molecule has 0 aliphatic rings.